The third-order valence-corrected chi connectivity index (χ3v) is 4.18. The number of aryl methyl sites for hydroxylation is 1. The summed E-state index contributed by atoms with van der Waals surface area (Å²) in [4.78, 5) is 37.4. The predicted octanol–water partition coefficient (Wildman–Crippen LogP) is 3.32. The van der Waals surface area contributed by atoms with Gasteiger partial charge in [0.1, 0.15) is 18.1 Å². The van der Waals surface area contributed by atoms with Crippen LogP contribution in [0.25, 0.3) is 6.08 Å². The first kappa shape index (κ1) is 18.6. The fourth-order valence-corrected chi connectivity index (χ4v) is 2.79. The second kappa shape index (κ2) is 7.59. The van der Waals surface area contributed by atoms with Crippen LogP contribution in [0.4, 0.5) is 14.9 Å². The number of carbonyl (C=O) groups excluding carboxylic acids is 3. The average Bonchev–Trinajstić information content (AvgIpc) is 2.86. The largest absolute Gasteiger partial charge is 0.329 e. The van der Waals surface area contributed by atoms with E-state index in [1.165, 1.54) is 18.2 Å². The zero-order valence-corrected chi connectivity index (χ0v) is 15.0. The molecule has 0 saturated carbocycles. The van der Waals surface area contributed by atoms with Gasteiger partial charge in [-0.15, -0.1) is 0 Å². The number of urea groups is 1. The van der Waals surface area contributed by atoms with Crippen LogP contribution in [0.1, 0.15) is 11.1 Å². The van der Waals surface area contributed by atoms with E-state index in [0.717, 1.165) is 16.5 Å². The molecule has 8 heteroatoms. The fraction of sp³-hybridized carbons (Fsp3) is 0.105. The molecule has 1 aliphatic rings. The van der Waals surface area contributed by atoms with Gasteiger partial charge in [-0.2, -0.15) is 0 Å². The third kappa shape index (κ3) is 4.15. The van der Waals surface area contributed by atoms with Crippen molar-refractivity contribution in [3.63, 3.8) is 0 Å². The lowest BCUT2D eigenvalue weighted by molar-refractivity contribution is -0.127. The van der Waals surface area contributed by atoms with Crippen molar-refractivity contribution in [1.29, 1.82) is 0 Å². The predicted molar refractivity (Wildman–Crippen MR) is 99.4 cm³/mol. The molecule has 0 radical (unpaired) electrons. The van der Waals surface area contributed by atoms with E-state index in [2.05, 4.69) is 10.6 Å². The molecule has 0 atom stereocenters. The Morgan fingerprint density at radius 1 is 1.26 bits per heavy atom. The summed E-state index contributed by atoms with van der Waals surface area (Å²) >= 11 is 5.93. The van der Waals surface area contributed by atoms with Crippen LogP contribution in [0.2, 0.25) is 5.02 Å². The Balaban J connectivity index is 1.74. The number of nitrogens with one attached hydrogen (secondary N) is 2. The minimum absolute atomic E-state index is 0.0196. The Labute approximate surface area is 159 Å². The quantitative estimate of drug-likeness (QED) is 0.624. The smallest absolute Gasteiger partial charge is 0.325 e. The van der Waals surface area contributed by atoms with Gasteiger partial charge < -0.3 is 10.6 Å². The van der Waals surface area contributed by atoms with Crippen molar-refractivity contribution >= 4 is 41.2 Å². The summed E-state index contributed by atoms with van der Waals surface area (Å²) in [5, 5.41) is 5.05. The molecule has 1 saturated heterocycles. The van der Waals surface area contributed by atoms with Crippen molar-refractivity contribution in [2.24, 2.45) is 0 Å². The van der Waals surface area contributed by atoms with E-state index in [1.807, 2.05) is 13.0 Å². The normalized spacial score (nSPS) is 15.2. The number of halogens is 2. The van der Waals surface area contributed by atoms with Crippen LogP contribution in [-0.2, 0) is 9.59 Å². The topological polar surface area (TPSA) is 78.5 Å². The molecular formula is C19H15ClFN3O3. The average molecular weight is 388 g/mol. The molecule has 1 fully saturated rings. The number of carbonyl (C=O) groups is 3. The van der Waals surface area contributed by atoms with Crippen LogP contribution in [0.3, 0.4) is 0 Å². The summed E-state index contributed by atoms with van der Waals surface area (Å²) in [6.07, 6.45) is 1.15. The molecule has 27 heavy (non-hydrogen) atoms. The van der Waals surface area contributed by atoms with Crippen molar-refractivity contribution in [3.8, 4) is 0 Å². The number of anilines is 1. The number of imide groups is 1. The van der Waals surface area contributed by atoms with Gasteiger partial charge >= 0.3 is 6.03 Å². The van der Waals surface area contributed by atoms with Crippen LogP contribution >= 0.6 is 11.6 Å². The molecule has 6 nitrogen and oxygen atoms in total. The van der Waals surface area contributed by atoms with Gasteiger partial charge in [-0.05, 0) is 42.8 Å². The molecule has 0 aliphatic carbocycles. The maximum atomic E-state index is 13.9. The Kier molecular flexibility index (Phi) is 5.23. The van der Waals surface area contributed by atoms with E-state index in [-0.39, 0.29) is 16.3 Å². The number of benzene rings is 2. The van der Waals surface area contributed by atoms with Gasteiger partial charge in [0.2, 0.25) is 5.91 Å². The first-order valence-electron chi connectivity index (χ1n) is 8.00. The van der Waals surface area contributed by atoms with Gasteiger partial charge in [0.25, 0.3) is 5.91 Å². The lowest BCUT2D eigenvalue weighted by Gasteiger charge is -2.12. The third-order valence-electron chi connectivity index (χ3n) is 3.85. The minimum Gasteiger partial charge on any atom is -0.325 e. The number of amides is 4. The van der Waals surface area contributed by atoms with E-state index in [1.54, 1.807) is 18.2 Å². The molecule has 0 aromatic heterocycles. The van der Waals surface area contributed by atoms with Crippen molar-refractivity contribution in [1.82, 2.24) is 10.2 Å². The molecule has 2 aromatic carbocycles. The highest BCUT2D eigenvalue weighted by Crippen LogP contribution is 2.23. The molecule has 3 rings (SSSR count). The van der Waals surface area contributed by atoms with Crippen molar-refractivity contribution in [2.45, 2.75) is 6.92 Å². The molecule has 1 heterocycles. The molecule has 2 N–H and O–H groups in total. The van der Waals surface area contributed by atoms with Gasteiger partial charge in [0, 0.05) is 11.3 Å². The van der Waals surface area contributed by atoms with E-state index < -0.39 is 30.2 Å². The van der Waals surface area contributed by atoms with Crippen LogP contribution in [0, 0.1) is 12.7 Å². The van der Waals surface area contributed by atoms with E-state index >= 15 is 0 Å². The summed E-state index contributed by atoms with van der Waals surface area (Å²) in [5.74, 6) is -1.90. The maximum absolute atomic E-state index is 13.9. The number of rotatable bonds is 4. The highest BCUT2D eigenvalue weighted by molar-refractivity contribution is 6.32. The van der Waals surface area contributed by atoms with Gasteiger partial charge in [-0.1, -0.05) is 29.8 Å². The molecule has 0 bridgehead atoms. The van der Waals surface area contributed by atoms with Crippen molar-refractivity contribution in [3.05, 3.63) is 70.1 Å². The van der Waals surface area contributed by atoms with Gasteiger partial charge in [-0.25, -0.2) is 14.1 Å². The number of hydrogen-bond donors (Lipinski definition) is 2. The zero-order valence-electron chi connectivity index (χ0n) is 14.3. The highest BCUT2D eigenvalue weighted by atomic mass is 35.5. The zero-order chi connectivity index (χ0) is 19.6. The Morgan fingerprint density at radius 3 is 2.70 bits per heavy atom. The molecule has 0 spiro atoms. The van der Waals surface area contributed by atoms with E-state index in [0.29, 0.717) is 5.69 Å². The lowest BCUT2D eigenvalue weighted by Crippen LogP contribution is -2.38. The molecule has 138 valence electrons. The van der Waals surface area contributed by atoms with Crippen molar-refractivity contribution < 1.29 is 18.8 Å². The van der Waals surface area contributed by atoms with Crippen LogP contribution in [0.5, 0.6) is 0 Å². The van der Waals surface area contributed by atoms with Gasteiger partial charge in [-0.3, -0.25) is 9.59 Å². The van der Waals surface area contributed by atoms with Crippen LogP contribution in [0.15, 0.2) is 48.2 Å². The van der Waals surface area contributed by atoms with Gasteiger partial charge in [0.15, 0.2) is 0 Å². The maximum Gasteiger partial charge on any atom is 0.329 e. The van der Waals surface area contributed by atoms with E-state index in [4.69, 9.17) is 11.6 Å². The molecule has 2 aromatic rings. The Hall–Kier alpha value is -3.19. The first-order chi connectivity index (χ1) is 12.8. The van der Waals surface area contributed by atoms with Gasteiger partial charge in [0.05, 0.1) is 5.02 Å². The number of hydrogen-bond acceptors (Lipinski definition) is 3. The van der Waals surface area contributed by atoms with Crippen molar-refractivity contribution in [2.75, 3.05) is 11.9 Å². The Bertz CT molecular complexity index is 954. The first-order valence-corrected chi connectivity index (χ1v) is 8.38. The summed E-state index contributed by atoms with van der Waals surface area (Å²) in [6, 6.07) is 10.4. The Morgan fingerprint density at radius 2 is 2.00 bits per heavy atom. The summed E-state index contributed by atoms with van der Waals surface area (Å²) in [6.45, 7) is 1.40. The SMILES string of the molecule is Cc1cccc(NC(=O)CN2C(=O)N/C(=C/c3c(F)cccc3Cl)C2=O)c1. The lowest BCUT2D eigenvalue weighted by atomic mass is 10.1. The molecule has 0 unspecified atom stereocenters. The standard InChI is InChI=1S/C19H15ClFN3O3/c1-11-4-2-5-12(8-11)22-17(25)10-24-18(26)16(23-19(24)27)9-13-14(20)6-3-7-15(13)21/h2-9H,10H2,1H3,(H,22,25)(H,23,27)/b16-9+. The summed E-state index contributed by atoms with van der Waals surface area (Å²) in [7, 11) is 0. The number of nitrogens with zero attached hydrogens (tertiary/aromatic N) is 1. The van der Waals surface area contributed by atoms with Crippen LogP contribution < -0.4 is 10.6 Å². The molecule has 4 amide bonds. The van der Waals surface area contributed by atoms with E-state index in [9.17, 15) is 18.8 Å². The summed E-state index contributed by atoms with van der Waals surface area (Å²) in [5.41, 5.74) is 1.33. The molecule has 1 aliphatic heterocycles. The summed E-state index contributed by atoms with van der Waals surface area (Å²) < 4.78 is 13.9. The highest BCUT2D eigenvalue weighted by Gasteiger charge is 2.35. The van der Waals surface area contributed by atoms with Crippen LogP contribution in [-0.4, -0.2) is 29.3 Å². The monoisotopic (exact) mass is 387 g/mol. The second-order valence-electron chi connectivity index (χ2n) is 5.93. The second-order valence-corrected chi connectivity index (χ2v) is 6.34. The molecular weight excluding hydrogens is 373 g/mol. The minimum atomic E-state index is -0.766. The fourth-order valence-electron chi connectivity index (χ4n) is 2.58.